The number of aryl methyl sites for hydroxylation is 1. The molecular formula is C14H16FNOS. The Morgan fingerprint density at radius 2 is 2.11 bits per heavy atom. The third-order valence-electron chi connectivity index (χ3n) is 2.83. The molecule has 2 N–H and O–H groups in total. The predicted molar refractivity (Wildman–Crippen MR) is 72.6 cm³/mol. The summed E-state index contributed by atoms with van der Waals surface area (Å²) in [7, 11) is 1.46. The molecule has 0 aliphatic heterocycles. The Balaban J connectivity index is 2.19. The zero-order valence-electron chi connectivity index (χ0n) is 10.4. The van der Waals surface area contributed by atoms with E-state index in [0.717, 1.165) is 4.88 Å². The molecular weight excluding hydrogens is 249 g/mol. The second-order valence-electron chi connectivity index (χ2n) is 4.19. The van der Waals surface area contributed by atoms with Gasteiger partial charge in [0.25, 0.3) is 0 Å². The van der Waals surface area contributed by atoms with Gasteiger partial charge in [-0.1, -0.05) is 12.1 Å². The molecule has 0 fully saturated rings. The van der Waals surface area contributed by atoms with Crippen LogP contribution in [0.1, 0.15) is 21.4 Å². The molecule has 1 aromatic carbocycles. The first-order valence-corrected chi connectivity index (χ1v) is 6.56. The Morgan fingerprint density at radius 1 is 1.33 bits per heavy atom. The molecule has 0 saturated carbocycles. The van der Waals surface area contributed by atoms with Gasteiger partial charge in [0.05, 0.1) is 7.11 Å². The molecule has 18 heavy (non-hydrogen) atoms. The summed E-state index contributed by atoms with van der Waals surface area (Å²) in [6, 6.07) is 9.00. The van der Waals surface area contributed by atoms with Gasteiger partial charge >= 0.3 is 0 Å². The van der Waals surface area contributed by atoms with E-state index in [1.54, 1.807) is 29.5 Å². The Morgan fingerprint density at radius 3 is 2.72 bits per heavy atom. The molecule has 0 saturated heterocycles. The molecule has 0 bridgehead atoms. The van der Waals surface area contributed by atoms with Crippen molar-refractivity contribution in [3.8, 4) is 5.75 Å². The third kappa shape index (κ3) is 2.71. The molecule has 1 heterocycles. The van der Waals surface area contributed by atoms with Gasteiger partial charge in [0.2, 0.25) is 0 Å². The SMILES string of the molecule is COc1cccc(CC(N)c2ccc(C)s2)c1F. The third-order valence-corrected chi connectivity index (χ3v) is 3.96. The van der Waals surface area contributed by atoms with Gasteiger partial charge in [-0.25, -0.2) is 4.39 Å². The van der Waals surface area contributed by atoms with Crippen LogP contribution >= 0.6 is 11.3 Å². The van der Waals surface area contributed by atoms with E-state index in [2.05, 4.69) is 0 Å². The van der Waals surface area contributed by atoms with Gasteiger partial charge in [-0.2, -0.15) is 0 Å². The monoisotopic (exact) mass is 265 g/mol. The molecule has 1 aromatic heterocycles. The van der Waals surface area contributed by atoms with E-state index in [9.17, 15) is 4.39 Å². The first-order chi connectivity index (χ1) is 8.61. The molecule has 2 aromatic rings. The maximum Gasteiger partial charge on any atom is 0.168 e. The van der Waals surface area contributed by atoms with E-state index in [1.807, 2.05) is 19.1 Å². The van der Waals surface area contributed by atoms with Crippen molar-refractivity contribution >= 4 is 11.3 Å². The summed E-state index contributed by atoms with van der Waals surface area (Å²) in [6.07, 6.45) is 0.475. The lowest BCUT2D eigenvalue weighted by Crippen LogP contribution is -2.13. The number of thiophene rings is 1. The summed E-state index contributed by atoms with van der Waals surface area (Å²) in [6.45, 7) is 2.03. The minimum absolute atomic E-state index is 0.176. The summed E-state index contributed by atoms with van der Waals surface area (Å²) < 4.78 is 18.9. The van der Waals surface area contributed by atoms with Gasteiger partial charge in [-0.15, -0.1) is 11.3 Å². The fourth-order valence-corrected chi connectivity index (χ4v) is 2.74. The van der Waals surface area contributed by atoms with Gasteiger partial charge in [0.1, 0.15) is 0 Å². The molecule has 0 aliphatic rings. The largest absolute Gasteiger partial charge is 0.494 e. The van der Waals surface area contributed by atoms with Gasteiger partial charge in [-0.05, 0) is 37.1 Å². The topological polar surface area (TPSA) is 35.2 Å². The second-order valence-corrected chi connectivity index (χ2v) is 5.51. The molecule has 2 nitrogen and oxygen atoms in total. The van der Waals surface area contributed by atoms with Crippen molar-refractivity contribution in [2.24, 2.45) is 5.73 Å². The van der Waals surface area contributed by atoms with E-state index in [0.29, 0.717) is 12.0 Å². The standard InChI is InChI=1S/C14H16FNOS/c1-9-6-7-13(18-9)11(16)8-10-4-3-5-12(17-2)14(10)15/h3-7,11H,8,16H2,1-2H3. The van der Waals surface area contributed by atoms with Gasteiger partial charge in [0.15, 0.2) is 11.6 Å². The van der Waals surface area contributed by atoms with Crippen LogP contribution in [0.4, 0.5) is 4.39 Å². The lowest BCUT2D eigenvalue weighted by molar-refractivity contribution is 0.383. The molecule has 0 radical (unpaired) electrons. The average Bonchev–Trinajstić information content (AvgIpc) is 2.78. The lowest BCUT2D eigenvalue weighted by atomic mass is 10.0. The van der Waals surface area contributed by atoms with Crippen LogP contribution in [0.3, 0.4) is 0 Å². The van der Waals surface area contributed by atoms with Crippen LogP contribution in [0.2, 0.25) is 0 Å². The highest BCUT2D eigenvalue weighted by molar-refractivity contribution is 7.12. The van der Waals surface area contributed by atoms with E-state index in [1.165, 1.54) is 12.0 Å². The molecule has 0 amide bonds. The fourth-order valence-electron chi connectivity index (χ4n) is 1.86. The average molecular weight is 265 g/mol. The van der Waals surface area contributed by atoms with Crippen LogP contribution < -0.4 is 10.5 Å². The van der Waals surface area contributed by atoms with E-state index in [4.69, 9.17) is 10.5 Å². The van der Waals surface area contributed by atoms with Gasteiger partial charge < -0.3 is 10.5 Å². The first kappa shape index (κ1) is 13.1. The van der Waals surface area contributed by atoms with Crippen molar-refractivity contribution in [3.05, 3.63) is 51.5 Å². The molecule has 0 aliphatic carbocycles. The van der Waals surface area contributed by atoms with Crippen molar-refractivity contribution in [3.63, 3.8) is 0 Å². The number of nitrogens with two attached hydrogens (primary N) is 1. The number of ether oxygens (including phenoxy) is 1. The summed E-state index contributed by atoms with van der Waals surface area (Å²) in [5.74, 6) is -0.0502. The first-order valence-electron chi connectivity index (χ1n) is 5.75. The highest BCUT2D eigenvalue weighted by atomic mass is 32.1. The highest BCUT2D eigenvalue weighted by Gasteiger charge is 2.14. The van der Waals surface area contributed by atoms with Crippen LogP contribution in [0.5, 0.6) is 5.75 Å². The number of methoxy groups -OCH3 is 1. The predicted octanol–water partition coefficient (Wildman–Crippen LogP) is 3.45. The number of hydrogen-bond acceptors (Lipinski definition) is 3. The quantitative estimate of drug-likeness (QED) is 0.919. The van der Waals surface area contributed by atoms with Crippen molar-refractivity contribution in [1.29, 1.82) is 0 Å². The Kier molecular flexibility index (Phi) is 3.99. The molecule has 1 atom stereocenters. The van der Waals surface area contributed by atoms with Gasteiger partial charge in [0, 0.05) is 15.8 Å². The van der Waals surface area contributed by atoms with Crippen molar-refractivity contribution in [1.82, 2.24) is 0 Å². The van der Waals surface area contributed by atoms with Crippen LogP contribution in [0.25, 0.3) is 0 Å². The van der Waals surface area contributed by atoms with Crippen molar-refractivity contribution in [2.45, 2.75) is 19.4 Å². The molecule has 2 rings (SSSR count). The Bertz CT molecular complexity index is 538. The molecule has 1 unspecified atom stereocenters. The van der Waals surface area contributed by atoms with Gasteiger partial charge in [-0.3, -0.25) is 0 Å². The Hall–Kier alpha value is -1.39. The maximum absolute atomic E-state index is 14.0. The minimum Gasteiger partial charge on any atom is -0.494 e. The summed E-state index contributed by atoms with van der Waals surface area (Å²) in [5.41, 5.74) is 6.69. The smallest absolute Gasteiger partial charge is 0.168 e. The molecule has 96 valence electrons. The number of halogens is 1. The number of hydrogen-bond donors (Lipinski definition) is 1. The van der Waals surface area contributed by atoms with E-state index >= 15 is 0 Å². The van der Waals surface area contributed by atoms with Crippen LogP contribution in [0, 0.1) is 12.7 Å². The fraction of sp³-hybridized carbons (Fsp3) is 0.286. The number of benzene rings is 1. The normalized spacial score (nSPS) is 12.4. The van der Waals surface area contributed by atoms with Crippen molar-refractivity contribution in [2.75, 3.05) is 7.11 Å². The van der Waals surface area contributed by atoms with E-state index < -0.39 is 0 Å². The van der Waals surface area contributed by atoms with Crippen molar-refractivity contribution < 1.29 is 9.13 Å². The minimum atomic E-state index is -0.316. The maximum atomic E-state index is 14.0. The Labute approximate surface area is 110 Å². The van der Waals surface area contributed by atoms with Crippen LogP contribution in [-0.2, 0) is 6.42 Å². The lowest BCUT2D eigenvalue weighted by Gasteiger charge is -2.12. The van der Waals surface area contributed by atoms with Crippen LogP contribution in [0.15, 0.2) is 30.3 Å². The summed E-state index contributed by atoms with van der Waals surface area (Å²) in [5, 5.41) is 0. The molecule has 0 spiro atoms. The van der Waals surface area contributed by atoms with E-state index in [-0.39, 0.29) is 17.6 Å². The summed E-state index contributed by atoms with van der Waals surface area (Å²) >= 11 is 1.65. The zero-order valence-corrected chi connectivity index (χ0v) is 11.3. The second kappa shape index (κ2) is 5.50. The number of rotatable bonds is 4. The van der Waals surface area contributed by atoms with Crippen LogP contribution in [-0.4, -0.2) is 7.11 Å². The highest BCUT2D eigenvalue weighted by Crippen LogP contribution is 2.27. The summed E-state index contributed by atoms with van der Waals surface area (Å²) in [4.78, 5) is 2.29. The molecule has 4 heteroatoms. The zero-order chi connectivity index (χ0) is 13.1.